The van der Waals surface area contributed by atoms with Gasteiger partial charge < -0.3 is 19.3 Å². The maximum atomic E-state index is 13.0. The minimum Gasteiger partial charge on any atom is -0.468 e. The fourth-order valence-corrected chi connectivity index (χ4v) is 4.88. The van der Waals surface area contributed by atoms with Crippen LogP contribution in [0, 0.1) is 11.3 Å². The number of aliphatic hydroxyl groups is 1. The molecular weight excluding hydrogens is 470 g/mol. The van der Waals surface area contributed by atoms with Gasteiger partial charge in [0.15, 0.2) is 5.41 Å². The fourth-order valence-electron chi connectivity index (χ4n) is 4.50. The van der Waals surface area contributed by atoms with Gasteiger partial charge in [-0.15, -0.1) is 0 Å². The highest BCUT2D eigenvalue weighted by atomic mass is 79.9. The molecule has 0 bridgehead atoms. The molecule has 0 aromatic heterocycles. The van der Waals surface area contributed by atoms with Crippen LogP contribution in [0.3, 0.4) is 0 Å². The van der Waals surface area contributed by atoms with Crippen molar-refractivity contribution in [2.45, 2.75) is 18.8 Å². The summed E-state index contributed by atoms with van der Waals surface area (Å²) in [5, 5.41) is 11.1. The van der Waals surface area contributed by atoms with Crippen molar-refractivity contribution in [2.75, 3.05) is 19.1 Å². The second kappa shape index (κ2) is 7.97. The van der Waals surface area contributed by atoms with Gasteiger partial charge in [-0.2, -0.15) is 0 Å². The molecule has 0 radical (unpaired) electrons. The highest BCUT2D eigenvalue weighted by Gasteiger charge is 2.81. The Morgan fingerprint density at radius 1 is 1.06 bits per heavy atom. The number of halogens is 1. The predicted molar refractivity (Wildman–Crippen MR) is 112 cm³/mol. The normalized spacial score (nSPS) is 22.6. The second-order valence-corrected chi connectivity index (χ2v) is 8.30. The number of rotatable bonds is 4. The Morgan fingerprint density at radius 3 is 2.32 bits per heavy atom. The van der Waals surface area contributed by atoms with E-state index in [1.807, 2.05) is 18.2 Å². The smallest absolute Gasteiger partial charge is 0.416 e. The lowest BCUT2D eigenvalue weighted by Crippen LogP contribution is -2.46. The van der Waals surface area contributed by atoms with Crippen molar-refractivity contribution >= 4 is 39.6 Å². The lowest BCUT2D eigenvalue weighted by atomic mass is 9.97. The number of esters is 2. The Balaban J connectivity index is 1.73. The average Bonchev–Trinajstić information content (AvgIpc) is 3.50. The molecule has 162 valence electrons. The maximum absolute atomic E-state index is 13.0. The van der Waals surface area contributed by atoms with Crippen molar-refractivity contribution in [1.29, 1.82) is 0 Å². The van der Waals surface area contributed by atoms with Gasteiger partial charge in [0.05, 0.1) is 19.9 Å². The van der Waals surface area contributed by atoms with Gasteiger partial charge in [-0.1, -0.05) is 46.3 Å². The van der Waals surface area contributed by atoms with Gasteiger partial charge in [-0.3, -0.25) is 14.5 Å². The van der Waals surface area contributed by atoms with Crippen LogP contribution in [-0.4, -0.2) is 43.6 Å². The number of aliphatic hydroxyl groups excluding tert-OH is 1. The molecule has 1 aliphatic carbocycles. The molecule has 2 aliphatic rings. The summed E-state index contributed by atoms with van der Waals surface area (Å²) in [5.41, 5.74) is -0.0737. The van der Waals surface area contributed by atoms with E-state index in [0.29, 0.717) is 15.7 Å². The summed E-state index contributed by atoms with van der Waals surface area (Å²) in [5.74, 6) is -3.27. The van der Waals surface area contributed by atoms with E-state index in [2.05, 4.69) is 15.9 Å². The molecule has 1 aliphatic heterocycles. The summed E-state index contributed by atoms with van der Waals surface area (Å²) < 4.78 is 15.9. The Labute approximate surface area is 186 Å². The van der Waals surface area contributed by atoms with Crippen LogP contribution in [0.2, 0.25) is 0 Å². The molecule has 3 atom stereocenters. The summed E-state index contributed by atoms with van der Waals surface area (Å²) >= 11 is 3.39. The molecule has 0 spiro atoms. The Kier molecular flexibility index (Phi) is 5.49. The van der Waals surface area contributed by atoms with Crippen molar-refractivity contribution < 1.29 is 33.7 Å². The van der Waals surface area contributed by atoms with Gasteiger partial charge >= 0.3 is 18.0 Å². The summed E-state index contributed by atoms with van der Waals surface area (Å²) in [6.45, 7) is 0.00198. The number of carbonyl (C=O) groups excluding carboxylic acids is 3. The molecule has 1 fully saturated rings. The Hall–Kier alpha value is -2.91. The SMILES string of the molecule is COC(=O)C1(C(=O)OC)[C@@H]2[C@H]1c1cc(Br)ccc1N(C(=O)OCc1ccccc1)[C@H]2O. The number of benzene rings is 2. The molecule has 1 saturated carbocycles. The van der Waals surface area contributed by atoms with E-state index < -0.39 is 41.5 Å². The number of anilines is 1. The highest BCUT2D eigenvalue weighted by molar-refractivity contribution is 9.10. The van der Waals surface area contributed by atoms with Gasteiger partial charge in [0.25, 0.3) is 0 Å². The monoisotopic (exact) mass is 489 g/mol. The van der Waals surface area contributed by atoms with Gasteiger partial charge in [-0.05, 0) is 29.3 Å². The van der Waals surface area contributed by atoms with E-state index >= 15 is 0 Å². The van der Waals surface area contributed by atoms with E-state index in [1.165, 1.54) is 0 Å². The number of methoxy groups -OCH3 is 2. The zero-order valence-corrected chi connectivity index (χ0v) is 18.4. The number of amides is 1. The summed E-state index contributed by atoms with van der Waals surface area (Å²) in [4.78, 5) is 39.5. The van der Waals surface area contributed by atoms with Gasteiger partial charge in [0.2, 0.25) is 0 Å². The molecule has 1 amide bonds. The molecule has 0 unspecified atom stereocenters. The molecule has 4 rings (SSSR count). The number of fused-ring (bicyclic) bond motifs is 3. The first-order valence-corrected chi connectivity index (χ1v) is 10.3. The number of nitrogens with zero attached hydrogens (tertiary/aromatic N) is 1. The van der Waals surface area contributed by atoms with Crippen molar-refractivity contribution in [1.82, 2.24) is 0 Å². The quantitative estimate of drug-likeness (QED) is 0.400. The van der Waals surface area contributed by atoms with E-state index in [-0.39, 0.29) is 6.61 Å². The van der Waals surface area contributed by atoms with Crippen LogP contribution < -0.4 is 4.90 Å². The van der Waals surface area contributed by atoms with Crippen LogP contribution in [0.25, 0.3) is 0 Å². The third kappa shape index (κ3) is 3.19. The summed E-state index contributed by atoms with van der Waals surface area (Å²) in [6, 6.07) is 14.1. The first-order chi connectivity index (χ1) is 14.9. The van der Waals surface area contributed by atoms with Crippen LogP contribution in [0.5, 0.6) is 0 Å². The van der Waals surface area contributed by atoms with Gasteiger partial charge in [-0.25, -0.2) is 4.79 Å². The highest BCUT2D eigenvalue weighted by Crippen LogP contribution is 2.71. The zero-order valence-electron chi connectivity index (χ0n) is 16.8. The minimum atomic E-state index is -1.74. The topological polar surface area (TPSA) is 102 Å². The molecule has 8 nitrogen and oxygen atoms in total. The zero-order chi connectivity index (χ0) is 22.3. The van der Waals surface area contributed by atoms with E-state index in [4.69, 9.17) is 14.2 Å². The average molecular weight is 490 g/mol. The molecule has 0 saturated heterocycles. The lowest BCUT2D eigenvalue weighted by Gasteiger charge is -2.32. The molecule has 2 aromatic rings. The number of hydrogen-bond donors (Lipinski definition) is 1. The molecule has 31 heavy (non-hydrogen) atoms. The van der Waals surface area contributed by atoms with E-state index in [9.17, 15) is 19.5 Å². The molecular formula is C22H20BrNO7. The van der Waals surface area contributed by atoms with Crippen LogP contribution in [0.1, 0.15) is 17.0 Å². The van der Waals surface area contributed by atoms with Crippen LogP contribution >= 0.6 is 15.9 Å². The largest absolute Gasteiger partial charge is 0.468 e. The minimum absolute atomic E-state index is 0.00198. The van der Waals surface area contributed by atoms with Crippen LogP contribution in [-0.2, 0) is 30.4 Å². The summed E-state index contributed by atoms with van der Waals surface area (Å²) in [7, 11) is 2.33. The summed E-state index contributed by atoms with van der Waals surface area (Å²) in [6.07, 6.45) is -2.28. The van der Waals surface area contributed by atoms with Crippen LogP contribution in [0.4, 0.5) is 10.5 Å². The standard InChI is InChI=1S/C22H20BrNO7/c1-29-19(26)22(20(27)30-2)16-14-10-13(23)8-9-15(14)24(18(25)17(16)22)21(28)31-11-12-6-4-3-5-7-12/h3-10,16-18,25H,11H2,1-2H3/t16-,17-,18+/m1/s1. The van der Waals surface area contributed by atoms with E-state index in [0.717, 1.165) is 24.7 Å². The number of hydrogen-bond acceptors (Lipinski definition) is 7. The van der Waals surface area contributed by atoms with Crippen molar-refractivity contribution in [2.24, 2.45) is 11.3 Å². The molecule has 1 heterocycles. The van der Waals surface area contributed by atoms with Crippen molar-refractivity contribution in [3.8, 4) is 0 Å². The maximum Gasteiger partial charge on any atom is 0.416 e. The van der Waals surface area contributed by atoms with E-state index in [1.54, 1.807) is 30.3 Å². The molecule has 9 heteroatoms. The third-order valence-electron chi connectivity index (χ3n) is 5.88. The van der Waals surface area contributed by atoms with Gasteiger partial charge in [0, 0.05) is 16.3 Å². The fraction of sp³-hybridized carbons (Fsp3) is 0.318. The first-order valence-electron chi connectivity index (χ1n) is 9.52. The predicted octanol–water partition coefficient (Wildman–Crippen LogP) is 2.97. The first kappa shape index (κ1) is 21.3. The Morgan fingerprint density at radius 2 is 1.71 bits per heavy atom. The molecule has 2 aromatic carbocycles. The van der Waals surface area contributed by atoms with Crippen molar-refractivity contribution in [3.05, 3.63) is 64.1 Å². The van der Waals surface area contributed by atoms with Crippen LogP contribution in [0.15, 0.2) is 53.0 Å². The number of ether oxygens (including phenoxy) is 3. The third-order valence-corrected chi connectivity index (χ3v) is 6.38. The van der Waals surface area contributed by atoms with Gasteiger partial charge in [0.1, 0.15) is 12.8 Å². The Bertz CT molecular complexity index is 1030. The molecule has 1 N–H and O–H groups in total. The number of carbonyl (C=O) groups is 3. The lowest BCUT2D eigenvalue weighted by molar-refractivity contribution is -0.163. The van der Waals surface area contributed by atoms with Crippen molar-refractivity contribution in [3.63, 3.8) is 0 Å². The second-order valence-electron chi connectivity index (χ2n) is 7.38.